The number of hydrogen-bond donors (Lipinski definition) is 0. The number of aryl methyl sites for hydroxylation is 1. The molecular weight excluding hydrogens is 374 g/mol. The van der Waals surface area contributed by atoms with Crippen molar-refractivity contribution in [2.45, 2.75) is 72.0 Å². The Kier molecular flexibility index (Phi) is 6.38. The van der Waals surface area contributed by atoms with Crippen molar-refractivity contribution >= 4 is 35.7 Å². The molecule has 4 nitrogen and oxygen atoms in total. The van der Waals surface area contributed by atoms with Crippen LogP contribution in [0.3, 0.4) is 0 Å². The molecule has 0 unspecified atom stereocenters. The molecule has 0 spiro atoms. The van der Waals surface area contributed by atoms with Crippen LogP contribution in [-0.2, 0) is 4.79 Å². The lowest BCUT2D eigenvalue weighted by Crippen LogP contribution is -2.50. The number of hydrogen-bond acceptors (Lipinski definition) is 5. The number of nitriles is 1. The van der Waals surface area contributed by atoms with Gasteiger partial charge >= 0.3 is 5.97 Å². The highest BCUT2D eigenvalue weighted by Crippen LogP contribution is 2.46. The lowest BCUT2D eigenvalue weighted by Gasteiger charge is -2.42. The van der Waals surface area contributed by atoms with Gasteiger partial charge in [-0.05, 0) is 35.7 Å². The average molecular weight is 404 g/mol. The van der Waals surface area contributed by atoms with Gasteiger partial charge in [-0.1, -0.05) is 41.5 Å². The molecule has 1 aromatic heterocycles. The molecule has 0 aliphatic heterocycles. The van der Waals surface area contributed by atoms with Gasteiger partial charge in [0.1, 0.15) is 16.7 Å². The molecule has 1 aromatic carbocycles. The molecule has 0 aliphatic rings. The minimum atomic E-state index is -2.07. The molecular formula is C21H29NO3SSi. The van der Waals surface area contributed by atoms with Crippen molar-refractivity contribution in [2.24, 2.45) is 0 Å². The zero-order valence-electron chi connectivity index (χ0n) is 17.5. The number of nitrogens with zero attached hydrogens (tertiary/aromatic N) is 1. The maximum Gasteiger partial charge on any atom is 0.308 e. The summed E-state index contributed by atoms with van der Waals surface area (Å²) in [7, 11) is -2.07. The Hall–Kier alpha value is -1.84. The third-order valence-corrected chi connectivity index (χ3v) is 12.6. The van der Waals surface area contributed by atoms with E-state index >= 15 is 0 Å². The van der Waals surface area contributed by atoms with Crippen LogP contribution in [0.5, 0.6) is 11.5 Å². The van der Waals surface area contributed by atoms with E-state index in [2.05, 4.69) is 47.6 Å². The normalized spacial score (nSPS) is 12.1. The quantitative estimate of drug-likeness (QED) is 0.405. The zero-order chi connectivity index (χ0) is 20.5. The minimum Gasteiger partial charge on any atom is -0.542 e. The summed E-state index contributed by atoms with van der Waals surface area (Å²) in [5, 5.41) is 10.2. The summed E-state index contributed by atoms with van der Waals surface area (Å²) in [6.07, 6.45) is 0. The summed E-state index contributed by atoms with van der Waals surface area (Å²) in [6.45, 7) is 16.9. The highest BCUT2D eigenvalue weighted by molar-refractivity contribution is 7.20. The van der Waals surface area contributed by atoms with Crippen LogP contribution >= 0.6 is 11.3 Å². The number of fused-ring (bicyclic) bond motifs is 1. The predicted molar refractivity (Wildman–Crippen MR) is 114 cm³/mol. The van der Waals surface area contributed by atoms with Gasteiger partial charge in [-0.2, -0.15) is 5.26 Å². The highest BCUT2D eigenvalue weighted by atomic mass is 32.1. The van der Waals surface area contributed by atoms with Crippen molar-refractivity contribution < 1.29 is 14.0 Å². The van der Waals surface area contributed by atoms with Crippen LogP contribution in [0.2, 0.25) is 16.6 Å². The molecule has 0 amide bonds. The molecule has 0 saturated heterocycles. The van der Waals surface area contributed by atoms with E-state index in [9.17, 15) is 10.1 Å². The molecule has 0 N–H and O–H groups in total. The van der Waals surface area contributed by atoms with Gasteiger partial charge in [0.05, 0.1) is 0 Å². The monoisotopic (exact) mass is 403 g/mol. The molecule has 146 valence electrons. The second-order valence-corrected chi connectivity index (χ2v) is 14.3. The van der Waals surface area contributed by atoms with Gasteiger partial charge in [-0.25, -0.2) is 0 Å². The lowest BCUT2D eigenvalue weighted by atomic mass is 10.1. The fourth-order valence-electron chi connectivity index (χ4n) is 4.23. The molecule has 0 fully saturated rings. The minimum absolute atomic E-state index is 0.361. The van der Waals surface area contributed by atoms with Crippen LogP contribution in [0.25, 0.3) is 10.1 Å². The fourth-order valence-corrected chi connectivity index (χ4v) is 10.6. The summed E-state index contributed by atoms with van der Waals surface area (Å²) in [4.78, 5) is 11.9. The standard InChI is InChI=1S/C21H29NO3SSi/c1-12(2)27(13(3)4,14(5)6)25-18-10-9-17-20(24-16(8)23)19(11-22)26-21(17)15(18)7/h9-10,12-14H,1-8H3. The smallest absolute Gasteiger partial charge is 0.308 e. The molecule has 2 rings (SSSR count). The number of ether oxygens (including phenoxy) is 1. The maximum atomic E-state index is 11.4. The number of esters is 1. The van der Waals surface area contributed by atoms with Gasteiger partial charge in [-0.15, -0.1) is 11.3 Å². The molecule has 0 atom stereocenters. The molecule has 2 aromatic rings. The van der Waals surface area contributed by atoms with Crippen LogP contribution < -0.4 is 9.16 Å². The Morgan fingerprint density at radius 2 is 1.67 bits per heavy atom. The number of carbonyl (C=O) groups is 1. The van der Waals surface area contributed by atoms with E-state index in [1.165, 1.54) is 18.3 Å². The van der Waals surface area contributed by atoms with Gasteiger partial charge in [0, 0.05) is 22.6 Å². The maximum absolute atomic E-state index is 11.4. The van der Waals surface area contributed by atoms with E-state index in [4.69, 9.17) is 9.16 Å². The van der Waals surface area contributed by atoms with E-state index in [0.717, 1.165) is 21.4 Å². The van der Waals surface area contributed by atoms with Crippen molar-refractivity contribution in [3.05, 3.63) is 22.6 Å². The second-order valence-electron chi connectivity index (χ2n) is 7.95. The van der Waals surface area contributed by atoms with Crippen LogP contribution in [0.1, 0.15) is 58.9 Å². The Morgan fingerprint density at radius 3 is 2.11 bits per heavy atom. The first-order chi connectivity index (χ1) is 12.6. The fraction of sp³-hybridized carbons (Fsp3) is 0.524. The lowest BCUT2D eigenvalue weighted by molar-refractivity contribution is -0.131. The molecule has 1 heterocycles. The average Bonchev–Trinajstić information content (AvgIpc) is 2.91. The largest absolute Gasteiger partial charge is 0.542 e. The Morgan fingerprint density at radius 1 is 1.11 bits per heavy atom. The Bertz CT molecular complexity index is 871. The van der Waals surface area contributed by atoms with Crippen LogP contribution in [-0.4, -0.2) is 14.3 Å². The molecule has 0 radical (unpaired) electrons. The van der Waals surface area contributed by atoms with Gasteiger partial charge < -0.3 is 9.16 Å². The topological polar surface area (TPSA) is 59.3 Å². The molecule has 6 heteroatoms. The summed E-state index contributed by atoms with van der Waals surface area (Å²) in [6, 6.07) is 6.03. The first-order valence-corrected chi connectivity index (χ1v) is 12.4. The van der Waals surface area contributed by atoms with Gasteiger partial charge in [0.15, 0.2) is 5.75 Å². The SMILES string of the molecule is CC(=O)Oc1c(C#N)sc2c(C)c(O[Si](C(C)C)(C(C)C)C(C)C)ccc12. The van der Waals surface area contributed by atoms with Crippen molar-refractivity contribution in [1.29, 1.82) is 5.26 Å². The third kappa shape index (κ3) is 3.76. The number of rotatable bonds is 6. The van der Waals surface area contributed by atoms with Gasteiger partial charge in [0.25, 0.3) is 8.32 Å². The number of benzene rings is 1. The molecule has 0 saturated carbocycles. The van der Waals surface area contributed by atoms with Crippen LogP contribution in [0.4, 0.5) is 0 Å². The number of carbonyl (C=O) groups excluding carboxylic acids is 1. The van der Waals surface area contributed by atoms with Crippen molar-refractivity contribution in [3.8, 4) is 17.6 Å². The molecule has 27 heavy (non-hydrogen) atoms. The Balaban J connectivity index is 2.63. The molecule has 0 bridgehead atoms. The number of thiophene rings is 1. The van der Waals surface area contributed by atoms with Crippen LogP contribution in [0, 0.1) is 18.3 Å². The summed E-state index contributed by atoms with van der Waals surface area (Å²) in [5.74, 6) is 0.820. The zero-order valence-corrected chi connectivity index (χ0v) is 19.3. The summed E-state index contributed by atoms with van der Waals surface area (Å²) < 4.78 is 13.1. The third-order valence-electron chi connectivity index (χ3n) is 5.35. The summed E-state index contributed by atoms with van der Waals surface area (Å²) >= 11 is 1.35. The van der Waals surface area contributed by atoms with Crippen molar-refractivity contribution in [1.82, 2.24) is 0 Å². The van der Waals surface area contributed by atoms with Crippen LogP contribution in [0.15, 0.2) is 12.1 Å². The van der Waals surface area contributed by atoms with E-state index in [0.29, 0.717) is 27.3 Å². The molecule has 0 aliphatic carbocycles. The Labute approximate surface area is 167 Å². The van der Waals surface area contributed by atoms with Crippen molar-refractivity contribution in [3.63, 3.8) is 0 Å². The van der Waals surface area contributed by atoms with Gasteiger partial charge in [0.2, 0.25) is 0 Å². The van der Waals surface area contributed by atoms with E-state index in [-0.39, 0.29) is 0 Å². The first kappa shape index (κ1) is 21.5. The summed E-state index contributed by atoms with van der Waals surface area (Å²) in [5.41, 5.74) is 2.43. The van der Waals surface area contributed by atoms with Gasteiger partial charge in [-0.3, -0.25) is 4.79 Å². The first-order valence-electron chi connectivity index (χ1n) is 9.39. The second kappa shape index (κ2) is 8.03. The van der Waals surface area contributed by atoms with Crippen molar-refractivity contribution in [2.75, 3.05) is 0 Å². The predicted octanol–water partition coefficient (Wildman–Crippen LogP) is 6.56. The highest BCUT2D eigenvalue weighted by Gasteiger charge is 2.47. The van der Waals surface area contributed by atoms with E-state index in [1.54, 1.807) is 0 Å². The van der Waals surface area contributed by atoms with E-state index < -0.39 is 14.3 Å². The van der Waals surface area contributed by atoms with E-state index in [1.807, 2.05) is 19.1 Å².